The molecule has 0 heterocycles. The summed E-state index contributed by atoms with van der Waals surface area (Å²) in [4.78, 5) is 11.8. The topological polar surface area (TPSA) is 50.7 Å². The van der Waals surface area contributed by atoms with E-state index in [0.717, 1.165) is 36.3 Å². The number of hydrogen-bond acceptors (Lipinski definition) is 3. The molecule has 0 radical (unpaired) electrons. The molecule has 0 aromatic heterocycles. The number of carbonyl (C=O) groups excluding carboxylic acids is 1. The monoisotopic (exact) mass is 324 g/mol. The predicted molar refractivity (Wildman–Crippen MR) is 97.5 cm³/mol. The number of nitrogens with zero attached hydrogens (tertiary/aromatic N) is 1. The third-order valence-electron chi connectivity index (χ3n) is 3.53. The molecule has 2 rings (SSSR count). The van der Waals surface area contributed by atoms with Crippen LogP contribution in [-0.2, 0) is 11.2 Å². The Hall–Kier alpha value is -2.62. The Morgan fingerprint density at radius 2 is 1.83 bits per heavy atom. The van der Waals surface area contributed by atoms with Crippen LogP contribution >= 0.6 is 0 Å². The fraction of sp³-hybridized carbons (Fsp3) is 0.300. The Morgan fingerprint density at radius 1 is 1.12 bits per heavy atom. The van der Waals surface area contributed by atoms with Crippen LogP contribution in [0.2, 0.25) is 0 Å². The number of rotatable bonds is 8. The summed E-state index contributed by atoms with van der Waals surface area (Å²) < 4.78 is 5.60. The van der Waals surface area contributed by atoms with Crippen molar-refractivity contribution in [2.24, 2.45) is 5.10 Å². The second-order valence-corrected chi connectivity index (χ2v) is 5.73. The van der Waals surface area contributed by atoms with Crippen LogP contribution in [0.15, 0.2) is 53.6 Å². The lowest BCUT2D eigenvalue weighted by atomic mass is 10.1. The minimum atomic E-state index is -0.130. The SMILES string of the molecule is CCCCOc1ccc(/C=N\NC(=O)Cc2ccc(C)cc2)cc1. The highest BCUT2D eigenvalue weighted by atomic mass is 16.5. The van der Waals surface area contributed by atoms with Crippen LogP contribution in [-0.4, -0.2) is 18.7 Å². The van der Waals surface area contributed by atoms with E-state index in [4.69, 9.17) is 4.74 Å². The van der Waals surface area contributed by atoms with Crippen LogP contribution in [0.4, 0.5) is 0 Å². The van der Waals surface area contributed by atoms with E-state index < -0.39 is 0 Å². The van der Waals surface area contributed by atoms with Crippen molar-refractivity contribution in [1.29, 1.82) is 0 Å². The summed E-state index contributed by atoms with van der Waals surface area (Å²) in [6.07, 6.45) is 4.12. The van der Waals surface area contributed by atoms with Gasteiger partial charge in [0.1, 0.15) is 5.75 Å². The first-order chi connectivity index (χ1) is 11.7. The first-order valence-electron chi connectivity index (χ1n) is 8.27. The van der Waals surface area contributed by atoms with Gasteiger partial charge in [-0.15, -0.1) is 0 Å². The number of hydrogen-bond donors (Lipinski definition) is 1. The first-order valence-corrected chi connectivity index (χ1v) is 8.27. The van der Waals surface area contributed by atoms with E-state index in [2.05, 4.69) is 17.5 Å². The van der Waals surface area contributed by atoms with E-state index in [1.165, 1.54) is 5.56 Å². The van der Waals surface area contributed by atoms with Gasteiger partial charge in [-0.25, -0.2) is 5.43 Å². The number of aryl methyl sites for hydroxylation is 1. The van der Waals surface area contributed by atoms with Crippen molar-refractivity contribution in [2.75, 3.05) is 6.61 Å². The van der Waals surface area contributed by atoms with Crippen molar-refractivity contribution in [1.82, 2.24) is 5.43 Å². The standard InChI is InChI=1S/C20H24N2O2/c1-3-4-13-24-19-11-9-18(10-12-19)15-21-22-20(23)14-17-7-5-16(2)6-8-17/h5-12,15H,3-4,13-14H2,1-2H3,(H,22,23)/b21-15-. The molecule has 2 aromatic rings. The zero-order valence-electron chi connectivity index (χ0n) is 14.3. The quantitative estimate of drug-likeness (QED) is 0.455. The van der Waals surface area contributed by atoms with Gasteiger partial charge in [-0.3, -0.25) is 4.79 Å². The maximum atomic E-state index is 11.8. The maximum Gasteiger partial charge on any atom is 0.244 e. The maximum absolute atomic E-state index is 11.8. The molecule has 1 N–H and O–H groups in total. The number of unbranched alkanes of at least 4 members (excludes halogenated alkanes) is 1. The molecule has 0 unspecified atom stereocenters. The summed E-state index contributed by atoms with van der Waals surface area (Å²) in [6.45, 7) is 4.89. The van der Waals surface area contributed by atoms with Gasteiger partial charge >= 0.3 is 0 Å². The Bertz CT molecular complexity index is 661. The second kappa shape index (κ2) is 9.50. The van der Waals surface area contributed by atoms with Crippen LogP contribution in [0, 0.1) is 6.92 Å². The minimum Gasteiger partial charge on any atom is -0.494 e. The summed E-state index contributed by atoms with van der Waals surface area (Å²) in [7, 11) is 0. The average Bonchev–Trinajstić information content (AvgIpc) is 2.59. The highest BCUT2D eigenvalue weighted by Crippen LogP contribution is 2.11. The molecule has 0 fully saturated rings. The van der Waals surface area contributed by atoms with Crippen LogP contribution in [0.5, 0.6) is 5.75 Å². The molecule has 0 aliphatic carbocycles. The largest absolute Gasteiger partial charge is 0.494 e. The fourth-order valence-corrected chi connectivity index (χ4v) is 2.09. The number of ether oxygens (including phenoxy) is 1. The molecule has 0 aliphatic heterocycles. The van der Waals surface area contributed by atoms with Crippen molar-refractivity contribution in [3.05, 3.63) is 65.2 Å². The molecule has 0 spiro atoms. The van der Waals surface area contributed by atoms with Gasteiger partial charge in [0.15, 0.2) is 0 Å². The van der Waals surface area contributed by atoms with Crippen molar-refractivity contribution in [3.63, 3.8) is 0 Å². The summed E-state index contributed by atoms with van der Waals surface area (Å²) in [6, 6.07) is 15.5. The van der Waals surface area contributed by atoms with Crippen molar-refractivity contribution >= 4 is 12.1 Å². The molecule has 126 valence electrons. The molecule has 0 aliphatic rings. The normalized spacial score (nSPS) is 10.8. The number of benzene rings is 2. The lowest BCUT2D eigenvalue weighted by Crippen LogP contribution is -2.19. The molecule has 0 saturated heterocycles. The average molecular weight is 324 g/mol. The van der Waals surface area contributed by atoms with Crippen LogP contribution < -0.4 is 10.2 Å². The van der Waals surface area contributed by atoms with Gasteiger partial charge in [0.2, 0.25) is 5.91 Å². The zero-order chi connectivity index (χ0) is 17.2. The minimum absolute atomic E-state index is 0.130. The van der Waals surface area contributed by atoms with Gasteiger partial charge in [-0.1, -0.05) is 43.2 Å². The van der Waals surface area contributed by atoms with E-state index in [9.17, 15) is 4.79 Å². The number of carbonyl (C=O) groups is 1. The Balaban J connectivity index is 1.78. The van der Waals surface area contributed by atoms with E-state index in [-0.39, 0.29) is 5.91 Å². The molecule has 4 nitrogen and oxygen atoms in total. The Labute approximate surface area is 143 Å². The third kappa shape index (κ3) is 6.24. The zero-order valence-corrected chi connectivity index (χ0v) is 14.3. The molecule has 2 aromatic carbocycles. The van der Waals surface area contributed by atoms with E-state index in [1.807, 2.05) is 55.5 Å². The number of nitrogens with one attached hydrogen (secondary N) is 1. The summed E-state index contributed by atoms with van der Waals surface area (Å²) in [5.41, 5.74) is 5.61. The molecule has 1 amide bonds. The Kier molecular flexibility index (Phi) is 7.02. The van der Waals surface area contributed by atoms with E-state index in [1.54, 1.807) is 6.21 Å². The second-order valence-electron chi connectivity index (χ2n) is 5.73. The van der Waals surface area contributed by atoms with Crippen molar-refractivity contribution in [2.45, 2.75) is 33.1 Å². The Morgan fingerprint density at radius 3 is 2.50 bits per heavy atom. The molecule has 0 bridgehead atoms. The molecular weight excluding hydrogens is 300 g/mol. The smallest absolute Gasteiger partial charge is 0.244 e. The van der Waals surface area contributed by atoms with Gasteiger partial charge < -0.3 is 4.74 Å². The molecule has 4 heteroatoms. The lowest BCUT2D eigenvalue weighted by Gasteiger charge is -2.05. The molecule has 0 atom stereocenters. The number of amides is 1. The fourth-order valence-electron chi connectivity index (χ4n) is 2.09. The summed E-state index contributed by atoms with van der Waals surface area (Å²) in [5.74, 6) is 0.721. The highest BCUT2D eigenvalue weighted by Gasteiger charge is 2.01. The van der Waals surface area contributed by atoms with Gasteiger partial charge in [0.05, 0.1) is 19.2 Å². The van der Waals surface area contributed by atoms with Gasteiger partial charge in [0, 0.05) is 0 Å². The van der Waals surface area contributed by atoms with Gasteiger partial charge in [0.25, 0.3) is 0 Å². The number of hydrazone groups is 1. The third-order valence-corrected chi connectivity index (χ3v) is 3.53. The highest BCUT2D eigenvalue weighted by molar-refractivity contribution is 5.83. The van der Waals surface area contributed by atoms with Gasteiger partial charge in [-0.2, -0.15) is 5.10 Å². The lowest BCUT2D eigenvalue weighted by molar-refractivity contribution is -0.120. The molecule has 24 heavy (non-hydrogen) atoms. The van der Waals surface area contributed by atoms with Crippen molar-refractivity contribution in [3.8, 4) is 5.75 Å². The predicted octanol–water partition coefficient (Wildman–Crippen LogP) is 3.87. The van der Waals surface area contributed by atoms with E-state index in [0.29, 0.717) is 6.42 Å². The van der Waals surface area contributed by atoms with Crippen LogP contribution in [0.3, 0.4) is 0 Å². The van der Waals surface area contributed by atoms with Crippen LogP contribution in [0.1, 0.15) is 36.5 Å². The molecule has 0 saturated carbocycles. The van der Waals surface area contributed by atoms with Crippen LogP contribution in [0.25, 0.3) is 0 Å². The van der Waals surface area contributed by atoms with E-state index >= 15 is 0 Å². The summed E-state index contributed by atoms with van der Waals surface area (Å²) >= 11 is 0. The van der Waals surface area contributed by atoms with Gasteiger partial charge in [-0.05, 0) is 48.7 Å². The first kappa shape index (κ1) is 17.7. The molecular formula is C20H24N2O2. The summed E-state index contributed by atoms with van der Waals surface area (Å²) in [5, 5.41) is 3.99. The van der Waals surface area contributed by atoms with Crippen molar-refractivity contribution < 1.29 is 9.53 Å².